The van der Waals surface area contributed by atoms with Gasteiger partial charge in [-0.2, -0.15) is 0 Å². The van der Waals surface area contributed by atoms with E-state index in [1.54, 1.807) is 7.11 Å². The Bertz CT molecular complexity index is 580. The maximum atomic E-state index is 10.9. The third kappa shape index (κ3) is 2.14. The predicted octanol–water partition coefficient (Wildman–Crippen LogP) is 2.94. The molecule has 1 heterocycles. The smallest absolute Gasteiger partial charge is 0.118 e. The van der Waals surface area contributed by atoms with E-state index in [1.807, 2.05) is 43.3 Å². The molecule has 2 atom stereocenters. The van der Waals surface area contributed by atoms with Gasteiger partial charge in [0.15, 0.2) is 0 Å². The molecule has 0 spiro atoms. The topological polar surface area (TPSA) is 41.5 Å². The van der Waals surface area contributed by atoms with E-state index in [1.165, 1.54) is 5.56 Å². The van der Waals surface area contributed by atoms with Gasteiger partial charge < -0.3 is 15.2 Å². The Labute approximate surface area is 119 Å². The lowest BCUT2D eigenvalue weighted by atomic mass is 9.86. The lowest BCUT2D eigenvalue weighted by Gasteiger charge is -2.31. The van der Waals surface area contributed by atoms with E-state index >= 15 is 0 Å². The van der Waals surface area contributed by atoms with E-state index in [0.29, 0.717) is 0 Å². The highest BCUT2D eigenvalue weighted by atomic mass is 16.5. The van der Waals surface area contributed by atoms with Crippen LogP contribution in [0.5, 0.6) is 5.75 Å². The fourth-order valence-electron chi connectivity index (χ4n) is 2.77. The minimum absolute atomic E-state index is 0.0201. The van der Waals surface area contributed by atoms with Crippen molar-refractivity contribution in [1.82, 2.24) is 0 Å². The first-order chi connectivity index (χ1) is 9.61. The van der Waals surface area contributed by atoms with E-state index in [-0.39, 0.29) is 6.04 Å². The average Bonchev–Trinajstić information content (AvgIpc) is 2.92. The Morgan fingerprint density at radius 2 is 1.85 bits per heavy atom. The number of benzene rings is 2. The molecule has 3 rings (SSSR count). The normalized spacial score (nSPS) is 19.9. The summed E-state index contributed by atoms with van der Waals surface area (Å²) in [7, 11) is 1.64. The van der Waals surface area contributed by atoms with Crippen molar-refractivity contribution < 1.29 is 9.84 Å². The van der Waals surface area contributed by atoms with E-state index in [4.69, 9.17) is 4.74 Å². The lowest BCUT2D eigenvalue weighted by Crippen LogP contribution is -2.40. The van der Waals surface area contributed by atoms with Crippen LogP contribution in [0, 0.1) is 0 Å². The summed E-state index contributed by atoms with van der Waals surface area (Å²) in [6.07, 6.45) is 0.829. The van der Waals surface area contributed by atoms with Crippen molar-refractivity contribution >= 4 is 5.69 Å². The molecule has 2 aromatic rings. The molecule has 2 N–H and O–H groups in total. The molecule has 3 heteroatoms. The number of fused-ring (bicyclic) bond motifs is 1. The van der Waals surface area contributed by atoms with Crippen LogP contribution < -0.4 is 10.1 Å². The summed E-state index contributed by atoms with van der Waals surface area (Å²) in [5.74, 6) is 0.798. The van der Waals surface area contributed by atoms with Crippen molar-refractivity contribution in [3.8, 4) is 5.75 Å². The van der Waals surface area contributed by atoms with Crippen LogP contribution in [0.2, 0.25) is 0 Å². The quantitative estimate of drug-likeness (QED) is 0.900. The number of ether oxygens (including phenoxy) is 1. The highest BCUT2D eigenvalue weighted by Gasteiger charge is 2.37. The van der Waals surface area contributed by atoms with Gasteiger partial charge in [0.2, 0.25) is 0 Å². The van der Waals surface area contributed by atoms with Gasteiger partial charge in [0.1, 0.15) is 11.4 Å². The fourth-order valence-corrected chi connectivity index (χ4v) is 2.77. The number of anilines is 1. The molecule has 3 nitrogen and oxygen atoms in total. The third-order valence-electron chi connectivity index (χ3n) is 4.12. The summed E-state index contributed by atoms with van der Waals surface area (Å²) in [6, 6.07) is 15.8. The Balaban J connectivity index is 1.85. The molecule has 2 unspecified atom stereocenters. The van der Waals surface area contributed by atoms with E-state index in [2.05, 4.69) is 17.4 Å². The van der Waals surface area contributed by atoms with Crippen LogP contribution in [0.15, 0.2) is 48.5 Å². The van der Waals surface area contributed by atoms with Crippen molar-refractivity contribution in [3.63, 3.8) is 0 Å². The number of para-hydroxylation sites is 1. The first-order valence-corrected chi connectivity index (χ1v) is 6.82. The minimum Gasteiger partial charge on any atom is -0.497 e. The van der Waals surface area contributed by atoms with Crippen LogP contribution in [0.4, 0.5) is 5.69 Å². The molecular formula is C17H19NO2. The largest absolute Gasteiger partial charge is 0.497 e. The number of nitrogens with one attached hydrogen (secondary N) is 1. The van der Waals surface area contributed by atoms with Crippen molar-refractivity contribution in [2.45, 2.75) is 25.0 Å². The van der Waals surface area contributed by atoms with Gasteiger partial charge in [-0.1, -0.05) is 30.3 Å². The lowest BCUT2D eigenvalue weighted by molar-refractivity contribution is 0.0381. The van der Waals surface area contributed by atoms with E-state index in [9.17, 15) is 5.11 Å². The van der Waals surface area contributed by atoms with Crippen LogP contribution in [0.1, 0.15) is 18.1 Å². The molecule has 0 aliphatic carbocycles. The van der Waals surface area contributed by atoms with Gasteiger partial charge >= 0.3 is 0 Å². The number of methoxy groups -OCH3 is 1. The zero-order valence-electron chi connectivity index (χ0n) is 11.8. The molecule has 0 aromatic heterocycles. The Morgan fingerprint density at radius 1 is 1.15 bits per heavy atom. The standard InChI is InChI=1S/C17H19NO2/c1-17(19,13-7-9-14(20-2)10-8-13)16-11-12-5-3-4-6-15(12)18-16/h3-10,16,18-19H,11H2,1-2H3. The first kappa shape index (κ1) is 13.0. The van der Waals surface area contributed by atoms with Crippen LogP contribution >= 0.6 is 0 Å². The van der Waals surface area contributed by atoms with Crippen molar-refractivity contribution in [2.75, 3.05) is 12.4 Å². The maximum absolute atomic E-state index is 10.9. The first-order valence-electron chi connectivity index (χ1n) is 6.82. The average molecular weight is 269 g/mol. The van der Waals surface area contributed by atoms with Gasteiger partial charge in [0, 0.05) is 5.69 Å². The fraction of sp³-hybridized carbons (Fsp3) is 0.294. The van der Waals surface area contributed by atoms with Crippen LogP contribution in [-0.2, 0) is 12.0 Å². The van der Waals surface area contributed by atoms with Crippen LogP contribution in [0.3, 0.4) is 0 Å². The molecule has 20 heavy (non-hydrogen) atoms. The maximum Gasteiger partial charge on any atom is 0.118 e. The second-order valence-corrected chi connectivity index (χ2v) is 5.43. The van der Waals surface area contributed by atoms with Crippen molar-refractivity contribution in [2.24, 2.45) is 0 Å². The number of rotatable bonds is 3. The number of aliphatic hydroxyl groups is 1. The van der Waals surface area contributed by atoms with Crippen molar-refractivity contribution in [1.29, 1.82) is 0 Å². The zero-order valence-corrected chi connectivity index (χ0v) is 11.8. The Hall–Kier alpha value is -2.00. The summed E-state index contributed by atoms with van der Waals surface area (Å²) in [5, 5.41) is 14.3. The Morgan fingerprint density at radius 3 is 2.50 bits per heavy atom. The van der Waals surface area contributed by atoms with E-state index < -0.39 is 5.60 Å². The predicted molar refractivity (Wildman–Crippen MR) is 80.1 cm³/mol. The number of hydrogen-bond donors (Lipinski definition) is 2. The van der Waals surface area contributed by atoms with Gasteiger partial charge in [-0.3, -0.25) is 0 Å². The van der Waals surface area contributed by atoms with Crippen molar-refractivity contribution in [3.05, 3.63) is 59.7 Å². The van der Waals surface area contributed by atoms with Crippen LogP contribution in [-0.4, -0.2) is 18.3 Å². The zero-order chi connectivity index (χ0) is 14.2. The van der Waals surface area contributed by atoms with Gasteiger partial charge in [-0.05, 0) is 42.7 Å². The molecule has 0 amide bonds. The molecule has 1 aliphatic rings. The molecule has 2 aromatic carbocycles. The van der Waals surface area contributed by atoms with Gasteiger partial charge in [-0.25, -0.2) is 0 Å². The molecule has 0 radical (unpaired) electrons. The second kappa shape index (κ2) is 4.84. The SMILES string of the molecule is COc1ccc(C(C)(O)C2Cc3ccccc3N2)cc1. The minimum atomic E-state index is -0.925. The molecule has 104 valence electrons. The highest BCUT2D eigenvalue weighted by Crippen LogP contribution is 2.36. The monoisotopic (exact) mass is 269 g/mol. The molecule has 0 fully saturated rings. The second-order valence-electron chi connectivity index (χ2n) is 5.43. The Kier molecular flexibility index (Phi) is 3.14. The molecule has 0 saturated carbocycles. The summed E-state index contributed by atoms with van der Waals surface area (Å²) >= 11 is 0. The van der Waals surface area contributed by atoms with Crippen LogP contribution in [0.25, 0.3) is 0 Å². The summed E-state index contributed by atoms with van der Waals surface area (Å²) in [6.45, 7) is 1.86. The molecule has 0 saturated heterocycles. The molecule has 0 bridgehead atoms. The van der Waals surface area contributed by atoms with E-state index in [0.717, 1.165) is 23.4 Å². The molecular weight excluding hydrogens is 250 g/mol. The van der Waals surface area contributed by atoms with Gasteiger partial charge in [0.25, 0.3) is 0 Å². The summed E-state index contributed by atoms with van der Waals surface area (Å²) < 4.78 is 5.16. The third-order valence-corrected chi connectivity index (χ3v) is 4.12. The molecule has 1 aliphatic heterocycles. The van der Waals surface area contributed by atoms with Gasteiger partial charge in [0.05, 0.1) is 13.2 Å². The number of hydrogen-bond acceptors (Lipinski definition) is 3. The van der Waals surface area contributed by atoms with Gasteiger partial charge in [-0.15, -0.1) is 0 Å². The highest BCUT2D eigenvalue weighted by molar-refractivity contribution is 5.57. The summed E-state index contributed by atoms with van der Waals surface area (Å²) in [5.41, 5.74) is 2.34. The summed E-state index contributed by atoms with van der Waals surface area (Å²) in [4.78, 5) is 0.